The molecule has 0 aliphatic rings. The Hall–Kier alpha value is -1.51. The second-order valence-corrected chi connectivity index (χ2v) is 5.67. The van der Waals surface area contributed by atoms with E-state index in [-0.39, 0.29) is 11.4 Å². The molecule has 3 nitrogen and oxygen atoms in total. The van der Waals surface area contributed by atoms with E-state index >= 15 is 0 Å². The van der Waals surface area contributed by atoms with Crippen LogP contribution in [0.5, 0.6) is 0 Å². The molecule has 0 aliphatic heterocycles. The Kier molecular flexibility index (Phi) is 5.40. The molecule has 19 heavy (non-hydrogen) atoms. The number of hydrogen-bond donors (Lipinski definition) is 2. The third kappa shape index (κ3) is 4.58. The van der Waals surface area contributed by atoms with Crippen LogP contribution in [0.1, 0.15) is 56.5 Å². The summed E-state index contributed by atoms with van der Waals surface area (Å²) in [5, 5.41) is 6.37. The fourth-order valence-electron chi connectivity index (χ4n) is 2.25. The van der Waals surface area contributed by atoms with Gasteiger partial charge in [-0.2, -0.15) is 0 Å². The molecule has 0 atom stereocenters. The quantitative estimate of drug-likeness (QED) is 0.820. The number of nitrogens with one attached hydrogen (secondary N) is 2. The summed E-state index contributed by atoms with van der Waals surface area (Å²) in [5.41, 5.74) is 2.62. The number of carbonyl (C=O) groups excluding carboxylic acids is 1. The lowest BCUT2D eigenvalue weighted by Crippen LogP contribution is -2.43. The Bertz CT molecular complexity index is 438. The van der Waals surface area contributed by atoms with Crippen LogP contribution in [-0.2, 0) is 0 Å². The van der Waals surface area contributed by atoms with Crippen molar-refractivity contribution in [3.63, 3.8) is 0 Å². The maximum Gasteiger partial charge on any atom is 0.253 e. The van der Waals surface area contributed by atoms with E-state index in [0.717, 1.165) is 36.2 Å². The molecule has 3 heteroatoms. The zero-order valence-corrected chi connectivity index (χ0v) is 12.8. The summed E-state index contributed by atoms with van der Waals surface area (Å²) in [5.74, 6) is -0.00519. The lowest BCUT2D eigenvalue weighted by atomic mass is 9.98. The molecule has 0 unspecified atom stereocenters. The van der Waals surface area contributed by atoms with E-state index in [0.29, 0.717) is 0 Å². The van der Waals surface area contributed by atoms with Crippen molar-refractivity contribution in [2.75, 3.05) is 11.9 Å². The van der Waals surface area contributed by atoms with Crippen LogP contribution in [0.2, 0.25) is 0 Å². The highest BCUT2D eigenvalue weighted by molar-refractivity contribution is 6.00. The fourth-order valence-corrected chi connectivity index (χ4v) is 2.25. The molecule has 0 aliphatic carbocycles. The topological polar surface area (TPSA) is 41.1 Å². The highest BCUT2D eigenvalue weighted by atomic mass is 16.1. The van der Waals surface area contributed by atoms with Crippen molar-refractivity contribution in [1.82, 2.24) is 5.32 Å². The van der Waals surface area contributed by atoms with Crippen molar-refractivity contribution in [3.05, 3.63) is 29.3 Å². The maximum absolute atomic E-state index is 12.4. The Morgan fingerprint density at radius 2 is 1.95 bits per heavy atom. The summed E-state index contributed by atoms with van der Waals surface area (Å²) >= 11 is 0. The molecule has 1 amide bonds. The Morgan fingerprint density at radius 1 is 1.26 bits per heavy atom. The number of amides is 1. The molecule has 1 aromatic rings. The van der Waals surface area contributed by atoms with Crippen LogP contribution in [0.25, 0.3) is 0 Å². The smallest absolute Gasteiger partial charge is 0.253 e. The average molecular weight is 262 g/mol. The van der Waals surface area contributed by atoms with E-state index in [1.807, 2.05) is 32.0 Å². The van der Waals surface area contributed by atoms with Crippen molar-refractivity contribution < 1.29 is 4.79 Å². The molecule has 0 saturated carbocycles. The van der Waals surface area contributed by atoms with Crippen molar-refractivity contribution in [1.29, 1.82) is 0 Å². The first-order valence-corrected chi connectivity index (χ1v) is 7.06. The molecule has 0 fully saturated rings. The predicted molar refractivity (Wildman–Crippen MR) is 81.8 cm³/mol. The lowest BCUT2D eigenvalue weighted by molar-refractivity contribution is 0.0910. The van der Waals surface area contributed by atoms with Gasteiger partial charge in [-0.05, 0) is 51.8 Å². The SMILES string of the molecule is CCCC(C)(C)NC(=O)c1ccc(C)cc1NCC. The zero-order valence-electron chi connectivity index (χ0n) is 12.8. The van der Waals surface area contributed by atoms with Crippen LogP contribution in [0.15, 0.2) is 18.2 Å². The van der Waals surface area contributed by atoms with Gasteiger partial charge in [0, 0.05) is 17.8 Å². The summed E-state index contributed by atoms with van der Waals surface area (Å²) in [6.07, 6.45) is 2.03. The normalized spacial score (nSPS) is 11.2. The number of carbonyl (C=O) groups is 1. The fraction of sp³-hybridized carbons (Fsp3) is 0.562. The molecule has 1 rings (SSSR count). The Labute approximate surface area is 116 Å². The van der Waals surface area contributed by atoms with Gasteiger partial charge in [-0.3, -0.25) is 4.79 Å². The van der Waals surface area contributed by atoms with Gasteiger partial charge in [-0.25, -0.2) is 0 Å². The molecular formula is C16H26N2O. The van der Waals surface area contributed by atoms with E-state index in [4.69, 9.17) is 0 Å². The molecule has 0 bridgehead atoms. The minimum Gasteiger partial charge on any atom is -0.385 e. The molecule has 0 radical (unpaired) electrons. The van der Waals surface area contributed by atoms with Crippen molar-refractivity contribution in [3.8, 4) is 0 Å². The van der Waals surface area contributed by atoms with Crippen LogP contribution in [0.3, 0.4) is 0 Å². The molecule has 2 N–H and O–H groups in total. The first-order chi connectivity index (χ1) is 8.89. The summed E-state index contributed by atoms with van der Waals surface area (Å²) in [6.45, 7) is 11.1. The largest absolute Gasteiger partial charge is 0.385 e. The third-order valence-electron chi connectivity index (χ3n) is 3.11. The van der Waals surface area contributed by atoms with E-state index in [1.165, 1.54) is 0 Å². The molecule has 0 aromatic heterocycles. The minimum absolute atomic E-state index is 0.00519. The summed E-state index contributed by atoms with van der Waals surface area (Å²) in [4.78, 5) is 12.4. The van der Waals surface area contributed by atoms with Gasteiger partial charge in [0.2, 0.25) is 0 Å². The molecule has 1 aromatic carbocycles. The third-order valence-corrected chi connectivity index (χ3v) is 3.11. The second kappa shape index (κ2) is 6.60. The number of benzene rings is 1. The summed E-state index contributed by atoms with van der Waals surface area (Å²) < 4.78 is 0. The first-order valence-electron chi connectivity index (χ1n) is 7.06. The van der Waals surface area contributed by atoms with Gasteiger partial charge < -0.3 is 10.6 Å². The molecule has 0 spiro atoms. The van der Waals surface area contributed by atoms with Crippen molar-refractivity contribution >= 4 is 11.6 Å². The average Bonchev–Trinajstić information content (AvgIpc) is 2.28. The minimum atomic E-state index is -0.166. The van der Waals surface area contributed by atoms with Crippen LogP contribution in [0.4, 0.5) is 5.69 Å². The molecule has 0 saturated heterocycles. The monoisotopic (exact) mass is 262 g/mol. The summed E-state index contributed by atoms with van der Waals surface area (Å²) in [6, 6.07) is 5.89. The predicted octanol–water partition coefficient (Wildman–Crippen LogP) is 3.74. The van der Waals surface area contributed by atoms with Crippen LogP contribution in [0, 0.1) is 6.92 Å². The maximum atomic E-state index is 12.4. The molecule has 0 heterocycles. The van der Waals surface area contributed by atoms with Crippen LogP contribution in [-0.4, -0.2) is 18.0 Å². The highest BCUT2D eigenvalue weighted by Crippen LogP contribution is 2.19. The zero-order chi connectivity index (χ0) is 14.5. The van der Waals surface area contributed by atoms with E-state index < -0.39 is 0 Å². The van der Waals surface area contributed by atoms with Gasteiger partial charge in [0.15, 0.2) is 0 Å². The Morgan fingerprint density at radius 3 is 2.53 bits per heavy atom. The van der Waals surface area contributed by atoms with Gasteiger partial charge in [-0.15, -0.1) is 0 Å². The second-order valence-electron chi connectivity index (χ2n) is 5.67. The van der Waals surface area contributed by atoms with Crippen LogP contribution < -0.4 is 10.6 Å². The molecular weight excluding hydrogens is 236 g/mol. The number of anilines is 1. The number of hydrogen-bond acceptors (Lipinski definition) is 2. The van der Waals surface area contributed by atoms with Gasteiger partial charge in [0.1, 0.15) is 0 Å². The highest BCUT2D eigenvalue weighted by Gasteiger charge is 2.21. The van der Waals surface area contributed by atoms with Crippen LogP contribution >= 0.6 is 0 Å². The van der Waals surface area contributed by atoms with Crippen molar-refractivity contribution in [2.24, 2.45) is 0 Å². The Balaban J connectivity index is 2.93. The van der Waals surface area contributed by atoms with E-state index in [1.54, 1.807) is 0 Å². The number of rotatable bonds is 6. The lowest BCUT2D eigenvalue weighted by Gasteiger charge is -2.26. The van der Waals surface area contributed by atoms with E-state index in [2.05, 4.69) is 31.4 Å². The molecule has 106 valence electrons. The first kappa shape index (κ1) is 15.5. The van der Waals surface area contributed by atoms with Gasteiger partial charge >= 0.3 is 0 Å². The van der Waals surface area contributed by atoms with Crippen molar-refractivity contribution in [2.45, 2.75) is 53.0 Å². The van der Waals surface area contributed by atoms with E-state index in [9.17, 15) is 4.79 Å². The summed E-state index contributed by atoms with van der Waals surface area (Å²) in [7, 11) is 0. The number of aryl methyl sites for hydroxylation is 1. The van der Waals surface area contributed by atoms with Gasteiger partial charge in [0.05, 0.1) is 5.56 Å². The van der Waals surface area contributed by atoms with Gasteiger partial charge in [-0.1, -0.05) is 19.4 Å². The van der Waals surface area contributed by atoms with Gasteiger partial charge in [0.25, 0.3) is 5.91 Å². The standard InChI is InChI=1S/C16H26N2O/c1-6-10-16(4,5)18-15(19)13-9-8-12(3)11-14(13)17-7-2/h8-9,11,17H,6-7,10H2,1-5H3,(H,18,19).